The molecule has 0 spiro atoms. The van der Waals surface area contributed by atoms with Gasteiger partial charge in [0.2, 0.25) is 0 Å². The fourth-order valence-corrected chi connectivity index (χ4v) is 1.59. The summed E-state index contributed by atoms with van der Waals surface area (Å²) in [4.78, 5) is 0. The van der Waals surface area contributed by atoms with Gasteiger partial charge < -0.3 is 5.73 Å². The van der Waals surface area contributed by atoms with E-state index in [9.17, 15) is 4.39 Å². The highest BCUT2D eigenvalue weighted by Gasteiger charge is 2.09. The van der Waals surface area contributed by atoms with E-state index in [1.54, 1.807) is 16.8 Å². The first-order valence-corrected chi connectivity index (χ1v) is 5.24. The predicted molar refractivity (Wildman–Crippen MR) is 68.4 cm³/mol. The molecule has 2 N–H and O–H groups in total. The Labute approximate surface area is 106 Å². The zero-order chi connectivity index (χ0) is 11.4. The van der Waals surface area contributed by atoms with Crippen molar-refractivity contribution in [3.8, 4) is 0 Å². The Balaban J connectivity index is 0.00000144. The summed E-state index contributed by atoms with van der Waals surface area (Å²) in [5.74, 6) is -0.295. The molecule has 0 fully saturated rings. The van der Waals surface area contributed by atoms with Crippen LogP contribution in [0.15, 0.2) is 48.7 Å². The maximum absolute atomic E-state index is 13.4. The van der Waals surface area contributed by atoms with Gasteiger partial charge in [0.1, 0.15) is 0 Å². The third kappa shape index (κ3) is 3.71. The molecule has 1 heterocycles. The lowest BCUT2D eigenvalue weighted by molar-refractivity contribution is -0.723. The standard InChI is InChI=1S/C13H13FN2.ClH/c14-13-10-12(15)7-9-16(13)8-6-11-4-2-1-3-5-11;/h1-5,7,9-10,15H,6,8H2;1H/p+1. The number of nitrogens with two attached hydrogens (primary N) is 1. The van der Waals surface area contributed by atoms with E-state index < -0.39 is 0 Å². The summed E-state index contributed by atoms with van der Waals surface area (Å²) < 4.78 is 15.0. The fourth-order valence-electron chi connectivity index (χ4n) is 1.59. The van der Waals surface area contributed by atoms with Gasteiger partial charge in [-0.05, 0) is 5.56 Å². The van der Waals surface area contributed by atoms with Crippen LogP contribution in [0.3, 0.4) is 0 Å². The highest BCUT2D eigenvalue weighted by atomic mass is 35.5. The monoisotopic (exact) mass is 253 g/mol. The Hall–Kier alpha value is -1.61. The largest absolute Gasteiger partial charge is 0.398 e. The molecule has 0 radical (unpaired) electrons. The summed E-state index contributed by atoms with van der Waals surface area (Å²) in [6.45, 7) is 0.621. The topological polar surface area (TPSA) is 29.9 Å². The van der Waals surface area contributed by atoms with Gasteiger partial charge in [-0.3, -0.25) is 0 Å². The van der Waals surface area contributed by atoms with Crippen molar-refractivity contribution in [1.29, 1.82) is 0 Å². The van der Waals surface area contributed by atoms with E-state index in [1.165, 1.54) is 11.6 Å². The number of nitrogens with zero attached hydrogens (tertiary/aromatic N) is 1. The molecule has 2 rings (SSSR count). The molecular formula is C13H15ClFN2+. The van der Waals surface area contributed by atoms with E-state index in [4.69, 9.17) is 5.73 Å². The molecule has 1 aromatic carbocycles. The SMILES string of the molecule is Cl.Nc1cc[n+](CCc2ccccc2)c(F)c1. The van der Waals surface area contributed by atoms with Gasteiger partial charge in [0.05, 0.1) is 6.07 Å². The van der Waals surface area contributed by atoms with Crippen molar-refractivity contribution in [2.24, 2.45) is 0 Å². The van der Waals surface area contributed by atoms with Crippen LogP contribution in [0, 0.1) is 5.95 Å². The minimum absolute atomic E-state index is 0. The molecule has 1 aromatic heterocycles. The minimum Gasteiger partial charge on any atom is -0.398 e. The molecule has 0 unspecified atom stereocenters. The fraction of sp³-hybridized carbons (Fsp3) is 0.154. The average Bonchev–Trinajstić information content (AvgIpc) is 2.29. The number of pyridine rings is 1. The molecule has 0 aliphatic rings. The smallest absolute Gasteiger partial charge is 0.361 e. The van der Waals surface area contributed by atoms with Crippen LogP contribution >= 0.6 is 12.4 Å². The number of aryl methyl sites for hydroxylation is 2. The molecule has 2 aromatic rings. The molecule has 0 aliphatic heterocycles. The van der Waals surface area contributed by atoms with Crippen LogP contribution in [0.2, 0.25) is 0 Å². The molecule has 2 nitrogen and oxygen atoms in total. The van der Waals surface area contributed by atoms with Crippen LogP contribution in [0.5, 0.6) is 0 Å². The second-order valence-electron chi connectivity index (χ2n) is 3.71. The first-order chi connectivity index (χ1) is 7.75. The van der Waals surface area contributed by atoms with E-state index in [0.29, 0.717) is 12.2 Å². The molecule has 17 heavy (non-hydrogen) atoms. The van der Waals surface area contributed by atoms with E-state index in [0.717, 1.165) is 6.42 Å². The van der Waals surface area contributed by atoms with Crippen LogP contribution in [-0.4, -0.2) is 0 Å². The Kier molecular flexibility index (Phi) is 4.91. The maximum atomic E-state index is 13.4. The molecular weight excluding hydrogens is 239 g/mol. The van der Waals surface area contributed by atoms with Crippen molar-refractivity contribution in [3.63, 3.8) is 0 Å². The molecule has 0 saturated heterocycles. The van der Waals surface area contributed by atoms with Gasteiger partial charge in [-0.15, -0.1) is 16.8 Å². The lowest BCUT2D eigenvalue weighted by Gasteiger charge is -1.99. The lowest BCUT2D eigenvalue weighted by atomic mass is 10.1. The number of rotatable bonds is 3. The molecule has 0 aliphatic carbocycles. The summed E-state index contributed by atoms with van der Waals surface area (Å²) in [5, 5.41) is 0. The molecule has 0 atom stereocenters. The van der Waals surface area contributed by atoms with Gasteiger partial charge in [0.15, 0.2) is 12.7 Å². The third-order valence-corrected chi connectivity index (χ3v) is 2.49. The first-order valence-electron chi connectivity index (χ1n) is 5.24. The van der Waals surface area contributed by atoms with Crippen LogP contribution in [0.4, 0.5) is 10.1 Å². The van der Waals surface area contributed by atoms with Crippen molar-refractivity contribution >= 4 is 18.1 Å². The van der Waals surface area contributed by atoms with Crippen molar-refractivity contribution in [1.82, 2.24) is 0 Å². The Bertz CT molecular complexity index is 474. The Morgan fingerprint density at radius 1 is 1.12 bits per heavy atom. The van der Waals surface area contributed by atoms with Crippen molar-refractivity contribution in [2.45, 2.75) is 13.0 Å². The summed E-state index contributed by atoms with van der Waals surface area (Å²) in [7, 11) is 0. The van der Waals surface area contributed by atoms with Gasteiger partial charge in [-0.1, -0.05) is 30.3 Å². The van der Waals surface area contributed by atoms with E-state index in [2.05, 4.69) is 0 Å². The molecule has 0 saturated carbocycles. The van der Waals surface area contributed by atoms with E-state index >= 15 is 0 Å². The Morgan fingerprint density at radius 2 is 1.82 bits per heavy atom. The van der Waals surface area contributed by atoms with Gasteiger partial charge >= 0.3 is 5.95 Å². The summed E-state index contributed by atoms with van der Waals surface area (Å²) >= 11 is 0. The number of aromatic nitrogens is 1. The van der Waals surface area contributed by atoms with Gasteiger partial charge in [-0.25, -0.2) is 0 Å². The molecule has 4 heteroatoms. The first kappa shape index (κ1) is 13.5. The van der Waals surface area contributed by atoms with Crippen LogP contribution in [0.25, 0.3) is 0 Å². The van der Waals surface area contributed by atoms with Gasteiger partial charge in [-0.2, -0.15) is 4.57 Å². The minimum atomic E-state index is -0.295. The van der Waals surface area contributed by atoms with E-state index in [-0.39, 0.29) is 18.4 Å². The lowest BCUT2D eigenvalue weighted by Crippen LogP contribution is -2.38. The third-order valence-electron chi connectivity index (χ3n) is 2.49. The van der Waals surface area contributed by atoms with Gasteiger partial charge in [0.25, 0.3) is 0 Å². The number of hydrogen-bond donors (Lipinski definition) is 1. The van der Waals surface area contributed by atoms with Crippen LogP contribution in [0.1, 0.15) is 5.56 Å². The zero-order valence-electron chi connectivity index (χ0n) is 9.34. The number of hydrogen-bond acceptors (Lipinski definition) is 1. The van der Waals surface area contributed by atoms with Gasteiger partial charge in [0, 0.05) is 18.2 Å². The highest BCUT2D eigenvalue weighted by molar-refractivity contribution is 5.85. The van der Waals surface area contributed by atoms with Crippen molar-refractivity contribution in [2.75, 3.05) is 5.73 Å². The second-order valence-corrected chi connectivity index (χ2v) is 3.71. The van der Waals surface area contributed by atoms with E-state index in [1.807, 2.05) is 30.3 Å². The average molecular weight is 254 g/mol. The normalized spacial score (nSPS) is 9.71. The Morgan fingerprint density at radius 3 is 2.47 bits per heavy atom. The van der Waals surface area contributed by atoms with Crippen LogP contribution < -0.4 is 10.3 Å². The predicted octanol–water partition coefficient (Wildman–Crippen LogP) is 2.36. The zero-order valence-corrected chi connectivity index (χ0v) is 10.2. The summed E-state index contributed by atoms with van der Waals surface area (Å²) in [6, 6.07) is 13.1. The summed E-state index contributed by atoms with van der Waals surface area (Å²) in [6.07, 6.45) is 2.49. The second kappa shape index (κ2) is 6.21. The summed E-state index contributed by atoms with van der Waals surface area (Å²) in [5.41, 5.74) is 7.13. The number of anilines is 1. The molecule has 0 bridgehead atoms. The number of halogens is 2. The molecule has 0 amide bonds. The maximum Gasteiger partial charge on any atom is 0.361 e. The van der Waals surface area contributed by atoms with Crippen LogP contribution in [-0.2, 0) is 13.0 Å². The quantitative estimate of drug-likeness (QED) is 0.661. The number of nitrogen functional groups attached to an aromatic ring is 1. The van der Waals surface area contributed by atoms with Crippen molar-refractivity contribution in [3.05, 3.63) is 60.2 Å². The number of benzene rings is 1. The van der Waals surface area contributed by atoms with Crippen molar-refractivity contribution < 1.29 is 8.96 Å². The highest BCUT2D eigenvalue weighted by Crippen LogP contribution is 2.02. The molecule has 90 valence electrons.